The van der Waals surface area contributed by atoms with E-state index in [-0.39, 0.29) is 22.7 Å². The smallest absolute Gasteiger partial charge is 0.274 e. The molecule has 1 aliphatic rings. The maximum Gasteiger partial charge on any atom is 0.274 e. The third kappa shape index (κ3) is 4.12. The van der Waals surface area contributed by atoms with Gasteiger partial charge in [-0.1, -0.05) is 11.6 Å². The summed E-state index contributed by atoms with van der Waals surface area (Å²) in [7, 11) is 3.47. The quantitative estimate of drug-likeness (QED) is 0.784. The van der Waals surface area contributed by atoms with Crippen LogP contribution in [0.4, 0.5) is 0 Å². The van der Waals surface area contributed by atoms with Crippen molar-refractivity contribution in [2.24, 2.45) is 0 Å². The lowest BCUT2D eigenvalue weighted by Crippen LogP contribution is -2.51. The summed E-state index contributed by atoms with van der Waals surface area (Å²) in [5.41, 5.74) is 0.289. The summed E-state index contributed by atoms with van der Waals surface area (Å²) in [5.74, 6) is -0.0869. The molecule has 2 rings (SSSR count). The number of carbonyl (C=O) groups is 2. The van der Waals surface area contributed by atoms with Crippen LogP contribution in [-0.4, -0.2) is 83.5 Å². The van der Waals surface area contributed by atoms with Crippen LogP contribution < -0.4 is 0 Å². The second-order valence-corrected chi connectivity index (χ2v) is 5.49. The molecule has 1 saturated heterocycles. The summed E-state index contributed by atoms with van der Waals surface area (Å²) in [6.07, 6.45) is 0. The van der Waals surface area contributed by atoms with Gasteiger partial charge in [0, 0.05) is 40.3 Å². The number of likely N-dealkylation sites (N-methyl/N-ethyl adjacent to an activating group) is 1. The topological polar surface area (TPSA) is 69.6 Å². The molecule has 1 aromatic rings. The normalized spacial score (nSPS) is 15.9. The summed E-state index contributed by atoms with van der Waals surface area (Å²) in [5, 5.41) is 7.74. The molecule has 2 heterocycles. The Morgan fingerprint density at radius 3 is 2.38 bits per heavy atom. The third-order valence-electron chi connectivity index (χ3n) is 3.37. The fourth-order valence-electron chi connectivity index (χ4n) is 2.03. The molecule has 7 nitrogen and oxygen atoms in total. The highest BCUT2D eigenvalue weighted by atomic mass is 35.5. The van der Waals surface area contributed by atoms with Crippen molar-refractivity contribution in [3.8, 4) is 0 Å². The van der Waals surface area contributed by atoms with Crippen molar-refractivity contribution in [1.82, 2.24) is 24.9 Å². The molecule has 114 valence electrons. The number of aromatic nitrogens is 2. The second-order valence-electron chi connectivity index (χ2n) is 5.10. The van der Waals surface area contributed by atoms with Crippen molar-refractivity contribution >= 4 is 23.4 Å². The Kier molecular flexibility index (Phi) is 5.08. The number of piperazine rings is 1. The molecule has 0 unspecified atom stereocenters. The number of halogens is 1. The maximum absolute atomic E-state index is 12.2. The summed E-state index contributed by atoms with van der Waals surface area (Å²) in [6.45, 7) is 2.88. The SMILES string of the molecule is CN(C)C(=O)CN1CCN(C(=O)c2ccc(Cl)nn2)CC1. The van der Waals surface area contributed by atoms with Crippen molar-refractivity contribution in [3.63, 3.8) is 0 Å². The number of hydrogen-bond acceptors (Lipinski definition) is 5. The first-order valence-electron chi connectivity index (χ1n) is 6.68. The number of amides is 2. The third-order valence-corrected chi connectivity index (χ3v) is 3.57. The molecule has 8 heteroatoms. The first kappa shape index (κ1) is 15.7. The van der Waals surface area contributed by atoms with Gasteiger partial charge in [-0.2, -0.15) is 0 Å². The summed E-state index contributed by atoms with van der Waals surface area (Å²) in [6, 6.07) is 3.12. The minimum atomic E-state index is -0.155. The van der Waals surface area contributed by atoms with E-state index in [0.29, 0.717) is 32.7 Å². The van der Waals surface area contributed by atoms with Gasteiger partial charge in [0.15, 0.2) is 10.8 Å². The van der Waals surface area contributed by atoms with Gasteiger partial charge >= 0.3 is 0 Å². The van der Waals surface area contributed by atoms with Gasteiger partial charge < -0.3 is 9.80 Å². The van der Waals surface area contributed by atoms with Crippen molar-refractivity contribution in [2.45, 2.75) is 0 Å². The van der Waals surface area contributed by atoms with E-state index in [0.717, 1.165) is 0 Å². The van der Waals surface area contributed by atoms with Crippen LogP contribution in [0.25, 0.3) is 0 Å². The van der Waals surface area contributed by atoms with Crippen molar-refractivity contribution in [3.05, 3.63) is 23.0 Å². The van der Waals surface area contributed by atoms with Gasteiger partial charge in [-0.15, -0.1) is 10.2 Å². The predicted molar refractivity (Wildman–Crippen MR) is 78.1 cm³/mol. The average molecular weight is 312 g/mol. The largest absolute Gasteiger partial charge is 0.348 e. The van der Waals surface area contributed by atoms with Crippen LogP contribution in [-0.2, 0) is 4.79 Å². The van der Waals surface area contributed by atoms with Crippen molar-refractivity contribution < 1.29 is 9.59 Å². The molecule has 0 aliphatic carbocycles. The van der Waals surface area contributed by atoms with E-state index in [1.54, 1.807) is 36.0 Å². The molecule has 0 saturated carbocycles. The minimum Gasteiger partial charge on any atom is -0.348 e. The van der Waals surface area contributed by atoms with E-state index < -0.39 is 0 Å². The predicted octanol–water partition coefficient (Wildman–Crippen LogP) is -0.0240. The molecule has 0 bridgehead atoms. The Balaban J connectivity index is 1.87. The molecular weight excluding hydrogens is 294 g/mol. The highest BCUT2D eigenvalue weighted by Crippen LogP contribution is 2.08. The molecule has 0 N–H and O–H groups in total. The summed E-state index contributed by atoms with van der Waals surface area (Å²) in [4.78, 5) is 29.2. The standard InChI is InChI=1S/C13H18ClN5O2/c1-17(2)12(20)9-18-5-7-19(8-6-18)13(21)10-3-4-11(14)16-15-10/h3-4H,5-9H2,1-2H3. The molecule has 0 radical (unpaired) electrons. The lowest BCUT2D eigenvalue weighted by Gasteiger charge is -2.34. The lowest BCUT2D eigenvalue weighted by molar-refractivity contribution is -0.130. The highest BCUT2D eigenvalue weighted by molar-refractivity contribution is 6.29. The van der Waals surface area contributed by atoms with Crippen molar-refractivity contribution in [2.75, 3.05) is 46.8 Å². The number of nitrogens with zero attached hydrogens (tertiary/aromatic N) is 5. The molecule has 0 aromatic carbocycles. The van der Waals surface area contributed by atoms with Gasteiger partial charge in [-0.25, -0.2) is 0 Å². The molecule has 0 atom stereocenters. The Hall–Kier alpha value is -1.73. The number of rotatable bonds is 3. The molecule has 1 aromatic heterocycles. The Morgan fingerprint density at radius 1 is 1.19 bits per heavy atom. The molecule has 0 spiro atoms. The zero-order valence-corrected chi connectivity index (χ0v) is 12.9. The molecule has 1 aliphatic heterocycles. The molecule has 1 fully saturated rings. The highest BCUT2D eigenvalue weighted by Gasteiger charge is 2.24. The van der Waals surface area contributed by atoms with Gasteiger partial charge in [0.2, 0.25) is 5.91 Å². The Bertz CT molecular complexity index is 512. The van der Waals surface area contributed by atoms with E-state index in [1.165, 1.54) is 0 Å². The van der Waals surface area contributed by atoms with Gasteiger partial charge in [0.25, 0.3) is 5.91 Å². The van der Waals surface area contributed by atoms with E-state index in [1.807, 2.05) is 4.90 Å². The molecule has 2 amide bonds. The monoisotopic (exact) mass is 311 g/mol. The van der Waals surface area contributed by atoms with Gasteiger partial charge in [-0.05, 0) is 12.1 Å². The van der Waals surface area contributed by atoms with Gasteiger partial charge in [-0.3, -0.25) is 14.5 Å². The van der Waals surface area contributed by atoms with Crippen LogP contribution in [0.2, 0.25) is 5.15 Å². The first-order chi connectivity index (χ1) is 9.97. The lowest BCUT2D eigenvalue weighted by atomic mass is 10.2. The Labute approximate surface area is 128 Å². The average Bonchev–Trinajstić information content (AvgIpc) is 2.48. The number of hydrogen-bond donors (Lipinski definition) is 0. The van der Waals surface area contributed by atoms with E-state index in [9.17, 15) is 9.59 Å². The van der Waals surface area contributed by atoms with Crippen LogP contribution in [0, 0.1) is 0 Å². The van der Waals surface area contributed by atoms with Gasteiger partial charge in [0.05, 0.1) is 6.54 Å². The van der Waals surface area contributed by atoms with Crippen LogP contribution in [0.1, 0.15) is 10.5 Å². The van der Waals surface area contributed by atoms with Crippen molar-refractivity contribution in [1.29, 1.82) is 0 Å². The fourth-order valence-corrected chi connectivity index (χ4v) is 2.13. The first-order valence-corrected chi connectivity index (χ1v) is 7.06. The summed E-state index contributed by atoms with van der Waals surface area (Å²) >= 11 is 5.65. The van der Waals surface area contributed by atoms with Crippen LogP contribution in [0.15, 0.2) is 12.1 Å². The van der Waals surface area contributed by atoms with Gasteiger partial charge in [0.1, 0.15) is 0 Å². The number of carbonyl (C=O) groups excluding carboxylic acids is 2. The Morgan fingerprint density at radius 2 is 1.86 bits per heavy atom. The zero-order valence-electron chi connectivity index (χ0n) is 12.1. The van der Waals surface area contributed by atoms with E-state index in [2.05, 4.69) is 10.2 Å². The maximum atomic E-state index is 12.2. The van der Waals surface area contributed by atoms with E-state index in [4.69, 9.17) is 11.6 Å². The van der Waals surface area contributed by atoms with Crippen LogP contribution in [0.5, 0.6) is 0 Å². The molecule has 21 heavy (non-hydrogen) atoms. The zero-order chi connectivity index (χ0) is 15.4. The second kappa shape index (κ2) is 6.82. The minimum absolute atomic E-state index is 0.0679. The molecular formula is C13H18ClN5O2. The van der Waals surface area contributed by atoms with Crippen LogP contribution in [0.3, 0.4) is 0 Å². The van der Waals surface area contributed by atoms with E-state index >= 15 is 0 Å². The summed E-state index contributed by atoms with van der Waals surface area (Å²) < 4.78 is 0. The fraction of sp³-hybridized carbons (Fsp3) is 0.538. The van der Waals surface area contributed by atoms with Crippen LogP contribution >= 0.6 is 11.6 Å².